The van der Waals surface area contributed by atoms with Gasteiger partial charge in [-0.3, -0.25) is 14.9 Å². The monoisotopic (exact) mass is 673 g/mol. The number of rotatable bonds is 10. The van der Waals surface area contributed by atoms with Crippen LogP contribution < -0.4 is 9.64 Å². The van der Waals surface area contributed by atoms with Crippen LogP contribution in [0, 0.1) is 10.1 Å². The maximum atomic E-state index is 14.3. The summed E-state index contributed by atoms with van der Waals surface area (Å²) < 4.78 is 11.2. The third-order valence-electron chi connectivity index (χ3n) is 6.75. The molecule has 3 aromatic rings. The van der Waals surface area contributed by atoms with Gasteiger partial charge in [0.2, 0.25) is 0 Å². The highest BCUT2D eigenvalue weighted by atomic mass is 35.5. The lowest BCUT2D eigenvalue weighted by atomic mass is 10.0. The number of nitro groups is 1. The molecular formula is C31H32ClN3O10S. The molecule has 2 atom stereocenters. The zero-order valence-corrected chi connectivity index (χ0v) is 26.7. The molecule has 244 valence electrons. The van der Waals surface area contributed by atoms with E-state index in [0.29, 0.717) is 18.8 Å². The number of nitrogens with zero attached hydrogens (tertiary/aromatic N) is 3. The van der Waals surface area contributed by atoms with Gasteiger partial charge >= 0.3 is 17.9 Å². The van der Waals surface area contributed by atoms with Gasteiger partial charge < -0.3 is 29.5 Å². The molecule has 0 saturated heterocycles. The van der Waals surface area contributed by atoms with E-state index < -0.39 is 34.2 Å². The number of hydrogen-bond donors (Lipinski definition) is 2. The lowest BCUT2D eigenvalue weighted by molar-refractivity contribution is -0.384. The average molecular weight is 674 g/mol. The number of non-ortho nitro benzene ring substituents is 1. The molecule has 0 spiro atoms. The lowest BCUT2D eigenvalue weighted by Crippen LogP contribution is -2.45. The van der Waals surface area contributed by atoms with Gasteiger partial charge in [0.05, 0.1) is 33.6 Å². The quantitative estimate of drug-likeness (QED) is 0.125. The fraction of sp³-hybridized carbons (Fsp3) is 0.290. The van der Waals surface area contributed by atoms with Crippen molar-refractivity contribution in [1.29, 1.82) is 0 Å². The topological polar surface area (TPSA) is 177 Å². The smallest absolute Gasteiger partial charge is 0.414 e. The molecule has 2 N–H and O–H groups in total. The zero-order chi connectivity index (χ0) is 34.0. The van der Waals surface area contributed by atoms with E-state index in [0.717, 1.165) is 35.2 Å². The number of para-hydroxylation sites is 1. The minimum Gasteiger partial charge on any atom is -0.497 e. The molecule has 0 aliphatic carbocycles. The number of nitro benzene ring substituents is 1. The standard InChI is InChI=1S/C29H30ClN3O6S.C2H2O4/c1-4-15-31(2)16-17-32-24-7-5-6-8-25(24)40-27(19-9-12-21(38-3)13-10-19)26(28(32)34)39-29(35)22-14-11-20(33(36)37)18-23(22)30;3-1(4)2(5)6/h5-14,18,26-27H,4,15-17H2,1-3H3;(H,3,4)(H,5,6)/t26-,27+;/m0./s1. The van der Waals surface area contributed by atoms with Gasteiger partial charge in [0.15, 0.2) is 6.10 Å². The van der Waals surface area contributed by atoms with E-state index in [9.17, 15) is 19.7 Å². The lowest BCUT2D eigenvalue weighted by Gasteiger charge is -2.29. The summed E-state index contributed by atoms with van der Waals surface area (Å²) in [5.41, 5.74) is 1.20. The Hall–Kier alpha value is -4.66. The Kier molecular flexibility index (Phi) is 12.9. The zero-order valence-electron chi connectivity index (χ0n) is 25.1. The van der Waals surface area contributed by atoms with Gasteiger partial charge in [-0.25, -0.2) is 14.4 Å². The molecule has 0 fully saturated rings. The van der Waals surface area contributed by atoms with Gasteiger partial charge in [-0.1, -0.05) is 42.8 Å². The summed E-state index contributed by atoms with van der Waals surface area (Å²) in [4.78, 5) is 61.1. The summed E-state index contributed by atoms with van der Waals surface area (Å²) in [5, 5.41) is 25.2. The summed E-state index contributed by atoms with van der Waals surface area (Å²) in [6.07, 6.45) is -0.229. The van der Waals surface area contributed by atoms with Crippen molar-refractivity contribution in [1.82, 2.24) is 4.90 Å². The van der Waals surface area contributed by atoms with Gasteiger partial charge in [0, 0.05) is 30.1 Å². The van der Waals surface area contributed by atoms with Crippen LogP contribution in [0.4, 0.5) is 11.4 Å². The predicted octanol–water partition coefficient (Wildman–Crippen LogP) is 5.16. The summed E-state index contributed by atoms with van der Waals surface area (Å²) in [6, 6.07) is 18.4. The second kappa shape index (κ2) is 16.6. The molecule has 0 aromatic heterocycles. The number of fused-ring (bicyclic) bond motifs is 1. The minimum atomic E-state index is -1.82. The largest absolute Gasteiger partial charge is 0.497 e. The van der Waals surface area contributed by atoms with Crippen LogP contribution in [0.2, 0.25) is 5.02 Å². The van der Waals surface area contributed by atoms with Crippen LogP contribution in [0.25, 0.3) is 0 Å². The van der Waals surface area contributed by atoms with E-state index in [4.69, 9.17) is 40.9 Å². The van der Waals surface area contributed by atoms with Gasteiger partial charge in [0.1, 0.15) is 5.75 Å². The molecule has 4 rings (SSSR count). The van der Waals surface area contributed by atoms with Crippen molar-refractivity contribution >= 4 is 58.6 Å². The minimum absolute atomic E-state index is 0.0606. The predicted molar refractivity (Wildman–Crippen MR) is 171 cm³/mol. The molecule has 46 heavy (non-hydrogen) atoms. The number of benzene rings is 3. The second-order valence-corrected chi connectivity index (χ2v) is 11.5. The Labute approximate surface area is 273 Å². The highest BCUT2D eigenvalue weighted by Crippen LogP contribution is 2.47. The SMILES string of the molecule is CCCN(C)CCN1C(=O)[C@@H](OC(=O)c2ccc([N+](=O)[O-])cc2Cl)[C@@H](c2ccc(OC)cc2)Sc2ccccc21.O=C(O)C(=O)O. The number of esters is 1. The molecule has 0 saturated carbocycles. The van der Waals surface area contributed by atoms with Crippen LogP contribution in [-0.4, -0.2) is 83.7 Å². The van der Waals surface area contributed by atoms with Crippen molar-refractivity contribution in [3.63, 3.8) is 0 Å². The number of carboxylic acids is 2. The third-order valence-corrected chi connectivity index (χ3v) is 8.43. The molecule has 1 heterocycles. The number of ether oxygens (including phenoxy) is 2. The molecule has 1 aliphatic rings. The van der Waals surface area contributed by atoms with Gasteiger partial charge in [-0.15, -0.1) is 11.8 Å². The number of carbonyl (C=O) groups is 4. The van der Waals surface area contributed by atoms with Crippen molar-refractivity contribution in [3.05, 3.63) is 93.0 Å². The van der Waals surface area contributed by atoms with E-state index in [1.807, 2.05) is 43.4 Å². The maximum Gasteiger partial charge on any atom is 0.414 e. The molecular weight excluding hydrogens is 642 g/mol. The number of carboxylic acid groups (broad SMARTS) is 2. The first-order valence-corrected chi connectivity index (χ1v) is 15.1. The van der Waals surface area contributed by atoms with Crippen LogP contribution in [0.15, 0.2) is 71.6 Å². The Balaban J connectivity index is 0.000000875. The first kappa shape index (κ1) is 35.8. The number of methoxy groups -OCH3 is 1. The van der Waals surface area contributed by atoms with Crippen molar-refractivity contribution < 1.29 is 43.8 Å². The van der Waals surface area contributed by atoms with E-state index in [-0.39, 0.29) is 22.2 Å². The average Bonchev–Trinajstić information content (AvgIpc) is 3.14. The van der Waals surface area contributed by atoms with E-state index in [1.54, 1.807) is 24.1 Å². The van der Waals surface area contributed by atoms with Crippen molar-refractivity contribution in [2.75, 3.05) is 38.7 Å². The third kappa shape index (κ3) is 9.19. The fourth-order valence-corrected chi connectivity index (χ4v) is 6.06. The number of likely N-dealkylation sites (N-methyl/N-ethyl adjacent to an activating group) is 1. The van der Waals surface area contributed by atoms with Crippen LogP contribution >= 0.6 is 23.4 Å². The maximum absolute atomic E-state index is 14.3. The van der Waals surface area contributed by atoms with Gasteiger partial charge in [0.25, 0.3) is 11.6 Å². The number of hydrogen-bond acceptors (Lipinski definition) is 10. The second-order valence-electron chi connectivity index (χ2n) is 9.93. The molecule has 1 aliphatic heterocycles. The van der Waals surface area contributed by atoms with Crippen LogP contribution in [-0.2, 0) is 19.1 Å². The highest BCUT2D eigenvalue weighted by molar-refractivity contribution is 7.99. The number of carbonyl (C=O) groups excluding carboxylic acids is 2. The summed E-state index contributed by atoms with van der Waals surface area (Å²) >= 11 is 7.67. The highest BCUT2D eigenvalue weighted by Gasteiger charge is 2.41. The molecule has 15 heteroatoms. The Morgan fingerprint density at radius 1 is 1.04 bits per heavy atom. The van der Waals surface area contributed by atoms with Crippen molar-refractivity contribution in [2.24, 2.45) is 0 Å². The van der Waals surface area contributed by atoms with Gasteiger partial charge in [-0.2, -0.15) is 0 Å². The van der Waals surface area contributed by atoms with Crippen molar-refractivity contribution in [3.8, 4) is 5.75 Å². The van der Waals surface area contributed by atoms with Gasteiger partial charge in [-0.05, 0) is 55.9 Å². The van der Waals surface area contributed by atoms with Crippen molar-refractivity contribution in [2.45, 2.75) is 29.6 Å². The number of amides is 1. The molecule has 0 bridgehead atoms. The van der Waals surface area contributed by atoms with Crippen LogP contribution in [0.5, 0.6) is 5.75 Å². The summed E-state index contributed by atoms with van der Waals surface area (Å²) in [6.45, 7) is 4.00. The number of halogens is 1. The number of thioether (sulfide) groups is 1. The molecule has 0 radical (unpaired) electrons. The van der Waals surface area contributed by atoms with Crippen LogP contribution in [0.3, 0.4) is 0 Å². The summed E-state index contributed by atoms with van der Waals surface area (Å²) in [5.74, 6) is -4.20. The van der Waals surface area contributed by atoms with E-state index >= 15 is 0 Å². The number of anilines is 1. The fourth-order valence-electron chi connectivity index (χ4n) is 4.49. The Morgan fingerprint density at radius 2 is 1.70 bits per heavy atom. The molecule has 3 aromatic carbocycles. The van der Waals surface area contributed by atoms with Crippen LogP contribution in [0.1, 0.15) is 34.5 Å². The van der Waals surface area contributed by atoms with E-state index in [2.05, 4.69) is 11.8 Å². The molecule has 1 amide bonds. The van der Waals surface area contributed by atoms with E-state index in [1.165, 1.54) is 23.9 Å². The molecule has 0 unspecified atom stereocenters. The molecule has 13 nitrogen and oxygen atoms in total. The Bertz CT molecular complexity index is 1570. The first-order valence-electron chi connectivity index (χ1n) is 13.9. The first-order chi connectivity index (χ1) is 21.9. The summed E-state index contributed by atoms with van der Waals surface area (Å²) in [7, 11) is 3.57. The normalized spacial score (nSPS) is 15.6. The number of aliphatic carboxylic acids is 2. The Morgan fingerprint density at radius 3 is 2.26 bits per heavy atom.